The Morgan fingerprint density at radius 3 is 2.79 bits per heavy atom. The molecule has 0 radical (unpaired) electrons. The van der Waals surface area contributed by atoms with Gasteiger partial charge >= 0.3 is 0 Å². The average Bonchev–Trinajstić information content (AvgIpc) is 2.67. The van der Waals surface area contributed by atoms with E-state index < -0.39 is 0 Å². The fourth-order valence-corrected chi connectivity index (χ4v) is 1.29. The fraction of sp³-hybridized carbons (Fsp3) is 0. The lowest BCUT2D eigenvalue weighted by molar-refractivity contribution is 0.411. The highest BCUT2D eigenvalue weighted by molar-refractivity contribution is 6.33. The number of hydrogen-bond acceptors (Lipinski definition) is 3. The zero-order valence-electron chi connectivity index (χ0n) is 7.27. The molecule has 0 spiro atoms. The van der Waals surface area contributed by atoms with Gasteiger partial charge in [0.1, 0.15) is 0 Å². The molecule has 0 amide bonds. The van der Waals surface area contributed by atoms with Crippen LogP contribution in [0.3, 0.4) is 0 Å². The minimum Gasteiger partial charge on any atom is -0.334 e. The number of hydrogen-bond donors (Lipinski definition) is 0. The van der Waals surface area contributed by atoms with E-state index in [2.05, 4.69) is 16.7 Å². The van der Waals surface area contributed by atoms with E-state index in [-0.39, 0.29) is 0 Å². The van der Waals surface area contributed by atoms with E-state index >= 15 is 0 Å². The molecule has 0 atom stereocenters. The predicted octanol–water partition coefficient (Wildman–Crippen LogP) is 3.03. The first-order chi connectivity index (χ1) is 6.81. The third-order valence-electron chi connectivity index (χ3n) is 1.73. The summed E-state index contributed by atoms with van der Waals surface area (Å²) >= 11 is 5.96. The van der Waals surface area contributed by atoms with Gasteiger partial charge in [-0.25, -0.2) is 0 Å². The van der Waals surface area contributed by atoms with Crippen LogP contribution in [-0.2, 0) is 0 Å². The summed E-state index contributed by atoms with van der Waals surface area (Å²) < 4.78 is 4.89. The maximum absolute atomic E-state index is 5.96. The number of nitrogens with zero attached hydrogens (tertiary/aromatic N) is 2. The molecule has 0 fully saturated rings. The topological polar surface area (TPSA) is 38.9 Å². The third kappa shape index (κ3) is 1.54. The first-order valence-corrected chi connectivity index (χ1v) is 4.40. The van der Waals surface area contributed by atoms with Gasteiger partial charge in [0.15, 0.2) is 0 Å². The van der Waals surface area contributed by atoms with E-state index in [1.54, 1.807) is 6.07 Å². The number of aromatic nitrogens is 2. The van der Waals surface area contributed by atoms with Crippen molar-refractivity contribution in [3.8, 4) is 11.4 Å². The molecule has 1 aromatic heterocycles. The van der Waals surface area contributed by atoms with Crippen LogP contribution in [0.1, 0.15) is 5.89 Å². The van der Waals surface area contributed by atoms with Crippen LogP contribution in [0, 0.1) is 0 Å². The van der Waals surface area contributed by atoms with Gasteiger partial charge < -0.3 is 4.52 Å². The Labute approximate surface area is 86.0 Å². The van der Waals surface area contributed by atoms with Crippen LogP contribution in [-0.4, -0.2) is 10.1 Å². The molecule has 0 aliphatic carbocycles. The smallest absolute Gasteiger partial charge is 0.250 e. The van der Waals surface area contributed by atoms with E-state index in [1.807, 2.05) is 18.2 Å². The van der Waals surface area contributed by atoms with Gasteiger partial charge in [-0.2, -0.15) is 4.98 Å². The molecule has 4 heteroatoms. The lowest BCUT2D eigenvalue weighted by Gasteiger charge is -1.95. The van der Waals surface area contributed by atoms with Crippen molar-refractivity contribution in [2.75, 3.05) is 0 Å². The van der Waals surface area contributed by atoms with E-state index in [0.29, 0.717) is 16.7 Å². The average molecular weight is 207 g/mol. The van der Waals surface area contributed by atoms with Gasteiger partial charge in [-0.05, 0) is 18.2 Å². The zero-order valence-corrected chi connectivity index (χ0v) is 8.03. The summed E-state index contributed by atoms with van der Waals surface area (Å²) in [5.74, 6) is 0.866. The Balaban J connectivity index is 2.49. The quantitative estimate of drug-likeness (QED) is 0.758. The molecule has 2 aromatic rings. The van der Waals surface area contributed by atoms with Crippen LogP contribution in [0.4, 0.5) is 0 Å². The summed E-state index contributed by atoms with van der Waals surface area (Å²) in [6, 6.07) is 7.33. The second-order valence-corrected chi connectivity index (χ2v) is 3.05. The molecular formula is C10H7ClN2O. The van der Waals surface area contributed by atoms with Gasteiger partial charge in [0.25, 0.3) is 0 Å². The summed E-state index contributed by atoms with van der Waals surface area (Å²) in [6.07, 6.45) is 1.49. The maximum atomic E-state index is 5.96. The Kier molecular flexibility index (Phi) is 2.33. The molecule has 0 bridgehead atoms. The second-order valence-electron chi connectivity index (χ2n) is 2.64. The highest BCUT2D eigenvalue weighted by Gasteiger charge is 2.08. The van der Waals surface area contributed by atoms with Gasteiger partial charge in [0.05, 0.1) is 5.02 Å². The molecule has 0 unspecified atom stereocenters. The summed E-state index contributed by atoms with van der Waals surface area (Å²) in [7, 11) is 0. The summed E-state index contributed by atoms with van der Waals surface area (Å²) in [5.41, 5.74) is 0.756. The van der Waals surface area contributed by atoms with Crippen molar-refractivity contribution in [2.45, 2.75) is 0 Å². The van der Waals surface area contributed by atoms with Crippen LogP contribution in [0.15, 0.2) is 35.4 Å². The SMILES string of the molecule is C=Cc1nc(-c2ccccc2Cl)no1. The van der Waals surface area contributed by atoms with Crippen LogP contribution in [0.2, 0.25) is 5.02 Å². The molecular weight excluding hydrogens is 200 g/mol. The van der Waals surface area contributed by atoms with Crippen molar-refractivity contribution in [3.63, 3.8) is 0 Å². The molecule has 0 aliphatic heterocycles. The number of halogens is 1. The Morgan fingerprint density at radius 1 is 1.36 bits per heavy atom. The molecule has 2 rings (SSSR count). The van der Waals surface area contributed by atoms with Gasteiger partial charge in [0, 0.05) is 5.56 Å². The third-order valence-corrected chi connectivity index (χ3v) is 2.06. The maximum Gasteiger partial charge on any atom is 0.250 e. The van der Waals surface area contributed by atoms with Crippen molar-refractivity contribution in [3.05, 3.63) is 41.8 Å². The molecule has 0 saturated carbocycles. The monoisotopic (exact) mass is 206 g/mol. The normalized spacial score (nSPS) is 10.1. The highest BCUT2D eigenvalue weighted by Crippen LogP contribution is 2.24. The van der Waals surface area contributed by atoms with Crippen molar-refractivity contribution in [1.82, 2.24) is 10.1 Å². The number of rotatable bonds is 2. The first-order valence-electron chi connectivity index (χ1n) is 4.02. The van der Waals surface area contributed by atoms with Gasteiger partial charge in [-0.15, -0.1) is 0 Å². The molecule has 70 valence electrons. The highest BCUT2D eigenvalue weighted by atomic mass is 35.5. The number of benzene rings is 1. The Hall–Kier alpha value is -1.61. The zero-order chi connectivity index (χ0) is 9.97. The van der Waals surface area contributed by atoms with Crippen molar-refractivity contribution >= 4 is 17.7 Å². The lowest BCUT2D eigenvalue weighted by Crippen LogP contribution is -1.81. The Bertz CT molecular complexity index is 465. The van der Waals surface area contributed by atoms with Crippen molar-refractivity contribution in [2.24, 2.45) is 0 Å². The molecule has 0 aliphatic rings. The standard InChI is InChI=1S/C10H7ClN2O/c1-2-9-12-10(13-14-9)7-5-3-4-6-8(7)11/h2-6H,1H2. The van der Waals surface area contributed by atoms with E-state index in [4.69, 9.17) is 16.1 Å². The molecule has 0 N–H and O–H groups in total. The molecule has 14 heavy (non-hydrogen) atoms. The minimum atomic E-state index is 0.389. The first kappa shape index (κ1) is 8.97. The lowest BCUT2D eigenvalue weighted by atomic mass is 10.2. The Morgan fingerprint density at radius 2 is 2.14 bits per heavy atom. The molecule has 1 aromatic carbocycles. The minimum absolute atomic E-state index is 0.389. The second kappa shape index (κ2) is 3.64. The van der Waals surface area contributed by atoms with Crippen molar-refractivity contribution in [1.29, 1.82) is 0 Å². The van der Waals surface area contributed by atoms with Gasteiger partial charge in [-0.1, -0.05) is 35.5 Å². The molecule has 1 heterocycles. The van der Waals surface area contributed by atoms with Crippen molar-refractivity contribution < 1.29 is 4.52 Å². The van der Waals surface area contributed by atoms with Gasteiger partial charge in [-0.3, -0.25) is 0 Å². The molecule has 3 nitrogen and oxygen atoms in total. The van der Waals surface area contributed by atoms with E-state index in [0.717, 1.165) is 5.56 Å². The summed E-state index contributed by atoms with van der Waals surface area (Å²) in [4.78, 5) is 4.08. The van der Waals surface area contributed by atoms with Crippen LogP contribution in [0.25, 0.3) is 17.5 Å². The fourth-order valence-electron chi connectivity index (χ4n) is 1.07. The summed E-state index contributed by atoms with van der Waals surface area (Å²) in [5, 5.41) is 4.38. The van der Waals surface area contributed by atoms with Crippen LogP contribution >= 0.6 is 11.6 Å². The molecule has 0 saturated heterocycles. The van der Waals surface area contributed by atoms with E-state index in [9.17, 15) is 0 Å². The summed E-state index contributed by atoms with van der Waals surface area (Å²) in [6.45, 7) is 3.53. The largest absolute Gasteiger partial charge is 0.334 e. The predicted molar refractivity (Wildman–Crippen MR) is 54.8 cm³/mol. The van der Waals surface area contributed by atoms with Crippen LogP contribution < -0.4 is 0 Å². The van der Waals surface area contributed by atoms with Gasteiger partial charge in [0.2, 0.25) is 11.7 Å². The van der Waals surface area contributed by atoms with E-state index in [1.165, 1.54) is 6.08 Å². The van der Waals surface area contributed by atoms with Crippen LogP contribution in [0.5, 0.6) is 0 Å².